The number of amidine groups is 1. The Kier molecular flexibility index (Phi) is 5.10. The van der Waals surface area contributed by atoms with Crippen molar-refractivity contribution in [3.63, 3.8) is 0 Å². The average Bonchev–Trinajstić information content (AvgIpc) is 2.39. The summed E-state index contributed by atoms with van der Waals surface area (Å²) in [6.45, 7) is -0.809. The van der Waals surface area contributed by atoms with Crippen molar-refractivity contribution in [3.05, 3.63) is 45.8 Å². The van der Waals surface area contributed by atoms with Crippen molar-refractivity contribution in [2.24, 2.45) is 10.8 Å². The van der Waals surface area contributed by atoms with Gasteiger partial charge in [-0.1, -0.05) is 29.4 Å². The third kappa shape index (κ3) is 3.19. The van der Waals surface area contributed by atoms with Crippen LogP contribution in [0, 0.1) is 5.41 Å². The fourth-order valence-corrected chi connectivity index (χ4v) is 1.61. The minimum atomic E-state index is -0.914. The van der Waals surface area contributed by atoms with Gasteiger partial charge in [0.15, 0.2) is 0 Å². The van der Waals surface area contributed by atoms with E-state index in [4.69, 9.17) is 21.4 Å². The van der Waals surface area contributed by atoms with Gasteiger partial charge in [-0.05, 0) is 11.1 Å². The molecule has 3 N–H and O–H groups in total. The number of benzene rings is 1. The van der Waals surface area contributed by atoms with Crippen molar-refractivity contribution < 1.29 is 9.13 Å². The summed E-state index contributed by atoms with van der Waals surface area (Å²) in [5, 5.41) is 10.6. The van der Waals surface area contributed by atoms with E-state index in [0.717, 1.165) is 0 Å². The number of nitrogen functional groups attached to an aromatic ring is 1. The van der Waals surface area contributed by atoms with E-state index in [0.29, 0.717) is 11.1 Å². The Labute approximate surface area is 104 Å². The predicted molar refractivity (Wildman–Crippen MR) is 66.1 cm³/mol. The molecule has 0 fully saturated rings. The molecule has 0 heterocycles. The van der Waals surface area contributed by atoms with Gasteiger partial charge in [-0.25, -0.2) is 0 Å². The molecule has 0 saturated heterocycles. The maximum atomic E-state index is 12.8. The van der Waals surface area contributed by atoms with E-state index in [1.807, 2.05) is 0 Å². The van der Waals surface area contributed by atoms with Gasteiger partial charge in [0.2, 0.25) is 0 Å². The predicted octanol–water partition coefficient (Wildman–Crippen LogP) is 2.31. The maximum absolute atomic E-state index is 12.8. The molecule has 0 unspecified atom stereocenters. The molecule has 0 aromatic heterocycles. The highest BCUT2D eigenvalue weighted by Crippen LogP contribution is 2.24. The number of methoxy groups -OCH3 is 1. The third-order valence-corrected chi connectivity index (χ3v) is 2.51. The molecule has 0 aliphatic carbocycles. The summed E-state index contributed by atoms with van der Waals surface area (Å²) in [7, 11) is 1.42. The molecule has 6 nitrogen and oxygen atoms in total. The van der Waals surface area contributed by atoms with Gasteiger partial charge in [-0.3, -0.25) is 9.80 Å². The average molecular weight is 251 g/mol. The van der Waals surface area contributed by atoms with Crippen molar-refractivity contribution >= 4 is 5.84 Å². The molecule has 0 amide bonds. The van der Waals surface area contributed by atoms with E-state index in [1.54, 1.807) is 24.3 Å². The number of rotatable bonds is 6. The van der Waals surface area contributed by atoms with E-state index in [-0.39, 0.29) is 5.84 Å². The van der Waals surface area contributed by atoms with E-state index in [9.17, 15) is 4.39 Å². The summed E-state index contributed by atoms with van der Waals surface area (Å²) in [6, 6.07) is 5.69. The third-order valence-electron chi connectivity index (χ3n) is 2.51. The molecular formula is C11H14FN5O. The van der Waals surface area contributed by atoms with Crippen LogP contribution in [0.5, 0.6) is 0 Å². The molecule has 0 bridgehead atoms. The van der Waals surface area contributed by atoms with Crippen LogP contribution < -0.4 is 5.73 Å². The van der Waals surface area contributed by atoms with Crippen LogP contribution >= 0.6 is 0 Å². The van der Waals surface area contributed by atoms with Crippen molar-refractivity contribution in [1.29, 1.82) is 5.41 Å². The van der Waals surface area contributed by atoms with Crippen LogP contribution in [0.2, 0.25) is 0 Å². The van der Waals surface area contributed by atoms with E-state index in [2.05, 4.69) is 10.0 Å². The lowest BCUT2D eigenvalue weighted by Gasteiger charge is -2.20. The van der Waals surface area contributed by atoms with Gasteiger partial charge in [0.05, 0.1) is 12.1 Å². The second-order valence-electron chi connectivity index (χ2n) is 3.62. The van der Waals surface area contributed by atoms with Crippen LogP contribution in [0.4, 0.5) is 4.39 Å². The first-order chi connectivity index (χ1) is 8.63. The SMILES string of the molecule is CO[C@H](c1ccc(C(=N)N)cc1)[C@@H](CF)N=[N+]=[N-]. The normalized spacial score (nSPS) is 13.4. The molecule has 96 valence electrons. The highest BCUT2D eigenvalue weighted by Gasteiger charge is 2.22. The molecular weight excluding hydrogens is 237 g/mol. The second-order valence-corrected chi connectivity index (χ2v) is 3.62. The fraction of sp³-hybridized carbons (Fsp3) is 0.364. The zero-order valence-corrected chi connectivity index (χ0v) is 9.88. The number of azide groups is 1. The lowest BCUT2D eigenvalue weighted by atomic mass is 10.0. The molecule has 0 radical (unpaired) electrons. The second kappa shape index (κ2) is 6.58. The molecule has 2 atom stereocenters. The molecule has 1 aromatic carbocycles. The van der Waals surface area contributed by atoms with E-state index < -0.39 is 18.8 Å². The van der Waals surface area contributed by atoms with Gasteiger partial charge in [-0.15, -0.1) is 0 Å². The monoisotopic (exact) mass is 251 g/mol. The zero-order chi connectivity index (χ0) is 13.5. The Morgan fingerprint density at radius 2 is 2.17 bits per heavy atom. The molecule has 1 aromatic rings. The number of nitrogens with two attached hydrogens (primary N) is 1. The summed E-state index contributed by atoms with van der Waals surface area (Å²) in [5.41, 5.74) is 14.9. The Morgan fingerprint density at radius 3 is 2.56 bits per heavy atom. The van der Waals surface area contributed by atoms with Crippen LogP contribution in [-0.4, -0.2) is 25.7 Å². The first kappa shape index (κ1) is 14.0. The van der Waals surface area contributed by atoms with Gasteiger partial charge in [0.1, 0.15) is 12.5 Å². The van der Waals surface area contributed by atoms with Crippen molar-refractivity contribution in [3.8, 4) is 0 Å². The number of hydrogen-bond donors (Lipinski definition) is 2. The molecule has 18 heavy (non-hydrogen) atoms. The molecule has 1 rings (SSSR count). The lowest BCUT2D eigenvalue weighted by molar-refractivity contribution is 0.0722. The number of nitrogens with zero attached hydrogens (tertiary/aromatic N) is 3. The van der Waals surface area contributed by atoms with E-state index >= 15 is 0 Å². The van der Waals surface area contributed by atoms with E-state index in [1.165, 1.54) is 7.11 Å². The van der Waals surface area contributed by atoms with Crippen molar-refractivity contribution in [2.45, 2.75) is 12.1 Å². The first-order valence-corrected chi connectivity index (χ1v) is 5.21. The van der Waals surface area contributed by atoms with Gasteiger partial charge in [0, 0.05) is 17.6 Å². The number of hydrogen-bond acceptors (Lipinski definition) is 3. The minimum absolute atomic E-state index is 0.0485. The Balaban J connectivity index is 3.01. The number of ether oxygens (including phenoxy) is 1. The van der Waals surface area contributed by atoms with Crippen molar-refractivity contribution in [1.82, 2.24) is 0 Å². The van der Waals surface area contributed by atoms with Gasteiger partial charge in [-0.2, -0.15) is 0 Å². The molecule has 7 heteroatoms. The Hall–Kier alpha value is -2.11. The van der Waals surface area contributed by atoms with Crippen molar-refractivity contribution in [2.75, 3.05) is 13.8 Å². The Morgan fingerprint density at radius 1 is 1.56 bits per heavy atom. The van der Waals surface area contributed by atoms with Crippen LogP contribution in [0.3, 0.4) is 0 Å². The maximum Gasteiger partial charge on any atom is 0.122 e. The van der Waals surface area contributed by atoms with Gasteiger partial charge < -0.3 is 10.5 Å². The quantitative estimate of drug-likeness (QED) is 0.266. The highest BCUT2D eigenvalue weighted by atomic mass is 19.1. The summed E-state index contributed by atoms with van der Waals surface area (Å²) < 4.78 is 17.9. The molecule has 0 aliphatic rings. The van der Waals surface area contributed by atoms with Crippen LogP contribution in [0.1, 0.15) is 17.2 Å². The largest absolute Gasteiger partial charge is 0.384 e. The van der Waals surface area contributed by atoms with Gasteiger partial charge in [0.25, 0.3) is 0 Å². The van der Waals surface area contributed by atoms with Gasteiger partial charge >= 0.3 is 0 Å². The number of alkyl halides is 1. The van der Waals surface area contributed by atoms with Crippen LogP contribution in [-0.2, 0) is 4.74 Å². The number of nitrogens with one attached hydrogen (secondary N) is 1. The van der Waals surface area contributed by atoms with Crippen LogP contribution in [0.25, 0.3) is 10.4 Å². The first-order valence-electron chi connectivity index (χ1n) is 5.21. The van der Waals surface area contributed by atoms with Crippen LogP contribution in [0.15, 0.2) is 29.4 Å². The Bertz CT molecular complexity index is 455. The summed E-state index contributed by atoms with van der Waals surface area (Å²) in [5.74, 6) is -0.0485. The summed E-state index contributed by atoms with van der Waals surface area (Å²) in [4.78, 5) is 2.60. The smallest absolute Gasteiger partial charge is 0.122 e. The molecule has 0 saturated carbocycles. The number of halogens is 1. The summed E-state index contributed by atoms with van der Waals surface area (Å²) in [6.07, 6.45) is -0.660. The molecule has 0 spiro atoms. The standard InChI is InChI=1S/C11H14FN5O/c1-18-10(9(6-12)16-17-15)7-2-4-8(5-3-7)11(13)14/h2-5,9-10H,6H2,1H3,(H3,13,14)/t9-,10-/m1/s1. The zero-order valence-electron chi connectivity index (χ0n) is 9.88. The lowest BCUT2D eigenvalue weighted by Crippen LogP contribution is -2.20. The highest BCUT2D eigenvalue weighted by molar-refractivity contribution is 5.94. The topological polar surface area (TPSA) is 108 Å². The minimum Gasteiger partial charge on any atom is -0.384 e. The summed E-state index contributed by atoms with van der Waals surface area (Å²) >= 11 is 0. The molecule has 0 aliphatic heterocycles. The fourth-order valence-electron chi connectivity index (χ4n) is 1.61.